The van der Waals surface area contributed by atoms with E-state index < -0.39 is 0 Å². The van der Waals surface area contributed by atoms with Gasteiger partial charge in [-0.3, -0.25) is 0 Å². The summed E-state index contributed by atoms with van der Waals surface area (Å²) in [4.78, 5) is 12.2. The van der Waals surface area contributed by atoms with Gasteiger partial charge in [-0.25, -0.2) is 0 Å². The summed E-state index contributed by atoms with van der Waals surface area (Å²) in [7, 11) is 0. The van der Waals surface area contributed by atoms with E-state index >= 15 is 0 Å². The molecule has 340 valence electrons. The molecule has 11 rings (SSSR count). The molecule has 0 bridgehead atoms. The second-order valence-corrected chi connectivity index (χ2v) is 17.0. The van der Waals surface area contributed by atoms with Gasteiger partial charge in [0.1, 0.15) is 0 Å². The molecule has 0 aliphatic heterocycles. The SMILES string of the molecule is c1ccc(N(c2ccccc2)c2cc(N(c3ccccc3)c3ccccc3)c(N(c3ccccc3)c3ccccc3)c(N(c3ccccc3)c3ccccc3)c2N(c2ccccc2)c2ccccc2)cc1. The molecule has 0 radical (unpaired) electrons. The maximum atomic E-state index is 2.46. The number of para-hydroxylation sites is 10. The molecule has 0 saturated carbocycles. The molecule has 5 heteroatoms. The van der Waals surface area contributed by atoms with Gasteiger partial charge < -0.3 is 24.5 Å². The molecule has 0 unspecified atom stereocenters. The summed E-state index contributed by atoms with van der Waals surface area (Å²) in [5, 5.41) is 0. The van der Waals surface area contributed by atoms with Crippen molar-refractivity contribution < 1.29 is 0 Å². The highest BCUT2D eigenvalue weighted by Crippen LogP contribution is 2.62. The van der Waals surface area contributed by atoms with Gasteiger partial charge in [0.15, 0.2) is 0 Å². The maximum absolute atomic E-state index is 2.46. The van der Waals surface area contributed by atoms with Crippen LogP contribution in [-0.2, 0) is 0 Å². The van der Waals surface area contributed by atoms with E-state index in [4.69, 9.17) is 0 Å². The quantitative estimate of drug-likeness (QED) is 0.102. The summed E-state index contributed by atoms with van der Waals surface area (Å²) < 4.78 is 0. The van der Waals surface area contributed by atoms with Crippen LogP contribution < -0.4 is 24.5 Å². The second-order valence-electron chi connectivity index (χ2n) is 17.0. The van der Waals surface area contributed by atoms with E-state index in [-0.39, 0.29) is 0 Å². The Balaban J connectivity index is 1.46. The summed E-state index contributed by atoms with van der Waals surface area (Å²) in [5.74, 6) is 0. The van der Waals surface area contributed by atoms with Gasteiger partial charge in [0, 0.05) is 56.9 Å². The topological polar surface area (TPSA) is 16.2 Å². The Hall–Kier alpha value is -9.58. The van der Waals surface area contributed by atoms with E-state index in [1.54, 1.807) is 0 Å². The van der Waals surface area contributed by atoms with Gasteiger partial charge in [0.25, 0.3) is 0 Å². The Labute approximate surface area is 417 Å². The average molecular weight is 914 g/mol. The van der Waals surface area contributed by atoms with Gasteiger partial charge in [-0.2, -0.15) is 0 Å². The van der Waals surface area contributed by atoms with Crippen LogP contribution in [0.2, 0.25) is 0 Å². The molecule has 5 nitrogen and oxygen atoms in total. The lowest BCUT2D eigenvalue weighted by Gasteiger charge is -2.43. The fraction of sp³-hybridized carbons (Fsp3) is 0. The molecule has 0 spiro atoms. The van der Waals surface area contributed by atoms with E-state index in [9.17, 15) is 0 Å². The minimum absolute atomic E-state index is 0.934. The molecule has 0 amide bonds. The third kappa shape index (κ3) is 9.11. The molecule has 0 N–H and O–H groups in total. The maximum Gasteiger partial charge on any atom is 0.0990 e. The minimum Gasteiger partial charge on any atom is -0.308 e. The summed E-state index contributed by atoms with van der Waals surface area (Å²) in [6.07, 6.45) is 0. The van der Waals surface area contributed by atoms with Crippen molar-refractivity contribution in [3.8, 4) is 0 Å². The Morgan fingerprint density at radius 3 is 0.451 bits per heavy atom. The van der Waals surface area contributed by atoms with Crippen molar-refractivity contribution >= 4 is 85.3 Å². The highest BCUT2D eigenvalue weighted by atomic mass is 15.3. The largest absolute Gasteiger partial charge is 0.308 e. The zero-order valence-electron chi connectivity index (χ0n) is 39.2. The lowest BCUT2D eigenvalue weighted by atomic mass is 10.00. The van der Waals surface area contributed by atoms with Crippen molar-refractivity contribution in [2.24, 2.45) is 0 Å². The van der Waals surface area contributed by atoms with Crippen molar-refractivity contribution in [2.75, 3.05) is 24.5 Å². The van der Waals surface area contributed by atoms with Crippen LogP contribution in [0, 0.1) is 0 Å². The molecule has 11 aromatic carbocycles. The molecule has 0 aliphatic rings. The first kappa shape index (κ1) is 44.0. The number of hydrogen-bond acceptors (Lipinski definition) is 5. The first-order valence-corrected chi connectivity index (χ1v) is 24.0. The van der Waals surface area contributed by atoms with Crippen LogP contribution in [-0.4, -0.2) is 0 Å². The average Bonchev–Trinajstić information content (AvgIpc) is 3.45. The van der Waals surface area contributed by atoms with Crippen molar-refractivity contribution in [3.63, 3.8) is 0 Å². The van der Waals surface area contributed by atoms with Gasteiger partial charge in [-0.1, -0.05) is 182 Å². The van der Waals surface area contributed by atoms with Crippen molar-refractivity contribution in [2.45, 2.75) is 0 Å². The smallest absolute Gasteiger partial charge is 0.0990 e. The molecule has 11 aromatic rings. The zero-order valence-corrected chi connectivity index (χ0v) is 39.2. The van der Waals surface area contributed by atoms with Gasteiger partial charge in [-0.05, 0) is 127 Å². The van der Waals surface area contributed by atoms with Crippen molar-refractivity contribution in [1.82, 2.24) is 0 Å². The Morgan fingerprint density at radius 2 is 0.282 bits per heavy atom. The van der Waals surface area contributed by atoms with Gasteiger partial charge >= 0.3 is 0 Å². The molecule has 0 fully saturated rings. The van der Waals surface area contributed by atoms with Crippen molar-refractivity contribution in [1.29, 1.82) is 0 Å². The molecule has 0 saturated heterocycles. The number of rotatable bonds is 15. The molecule has 0 atom stereocenters. The third-order valence-corrected chi connectivity index (χ3v) is 12.5. The summed E-state index contributed by atoms with van der Waals surface area (Å²) in [6.45, 7) is 0. The normalized spacial score (nSPS) is 10.8. The molecular weight excluding hydrogens is 863 g/mol. The predicted molar refractivity (Wildman–Crippen MR) is 300 cm³/mol. The van der Waals surface area contributed by atoms with E-state index in [2.05, 4.69) is 334 Å². The summed E-state index contributed by atoms with van der Waals surface area (Å²) in [5.41, 5.74) is 14.7. The van der Waals surface area contributed by atoms with E-state index in [0.717, 1.165) is 85.3 Å². The van der Waals surface area contributed by atoms with Crippen LogP contribution in [0.25, 0.3) is 0 Å². The van der Waals surface area contributed by atoms with Crippen LogP contribution >= 0.6 is 0 Å². The summed E-state index contributed by atoms with van der Waals surface area (Å²) in [6, 6.07) is 110. The van der Waals surface area contributed by atoms with Crippen LogP contribution in [0.1, 0.15) is 0 Å². The van der Waals surface area contributed by atoms with Gasteiger partial charge in [0.2, 0.25) is 0 Å². The van der Waals surface area contributed by atoms with Crippen LogP contribution in [0.15, 0.2) is 309 Å². The number of benzene rings is 11. The van der Waals surface area contributed by atoms with E-state index in [1.807, 2.05) is 0 Å². The predicted octanol–water partition coefficient (Wildman–Crippen LogP) is 19.0. The first-order valence-electron chi connectivity index (χ1n) is 24.0. The van der Waals surface area contributed by atoms with Crippen LogP contribution in [0.3, 0.4) is 0 Å². The fourth-order valence-corrected chi connectivity index (χ4v) is 9.46. The molecular formula is C66H51N5. The minimum atomic E-state index is 0.934. The lowest BCUT2D eigenvalue weighted by Crippen LogP contribution is -2.26. The fourth-order valence-electron chi connectivity index (χ4n) is 9.46. The Bertz CT molecular complexity index is 3000. The molecule has 0 aliphatic carbocycles. The highest BCUT2D eigenvalue weighted by Gasteiger charge is 2.37. The van der Waals surface area contributed by atoms with Crippen LogP contribution in [0.5, 0.6) is 0 Å². The van der Waals surface area contributed by atoms with Crippen LogP contribution in [0.4, 0.5) is 85.3 Å². The Morgan fingerprint density at radius 1 is 0.141 bits per heavy atom. The van der Waals surface area contributed by atoms with Crippen molar-refractivity contribution in [3.05, 3.63) is 309 Å². The number of nitrogens with zero attached hydrogens (tertiary/aromatic N) is 5. The second kappa shape index (κ2) is 20.7. The van der Waals surface area contributed by atoms with Gasteiger partial charge in [-0.15, -0.1) is 0 Å². The monoisotopic (exact) mass is 913 g/mol. The zero-order chi connectivity index (χ0) is 47.6. The molecule has 0 heterocycles. The molecule has 71 heavy (non-hydrogen) atoms. The highest BCUT2D eigenvalue weighted by molar-refractivity contribution is 6.13. The number of hydrogen-bond donors (Lipinski definition) is 0. The lowest BCUT2D eigenvalue weighted by molar-refractivity contribution is 1.16. The number of anilines is 15. The summed E-state index contributed by atoms with van der Waals surface area (Å²) >= 11 is 0. The first-order chi connectivity index (χ1) is 35.3. The third-order valence-electron chi connectivity index (χ3n) is 12.5. The standard InChI is InChI=1S/C66H51N5/c1-11-31-52(32-12-1)67(53-33-13-2-14-34-53)62-51-63(68(54-35-15-3-16-36-54)55-37-17-4-18-38-55)65(70(58-43-23-7-24-44-58)59-45-25-8-26-46-59)66(71(60-47-27-9-28-48-60)61-49-29-10-30-50-61)64(62)69(56-39-19-5-20-40-56)57-41-21-6-22-42-57/h1-51H. The Kier molecular flexibility index (Phi) is 12.8. The van der Waals surface area contributed by atoms with E-state index in [0.29, 0.717) is 0 Å². The molecule has 0 aromatic heterocycles. The van der Waals surface area contributed by atoms with Gasteiger partial charge in [0.05, 0.1) is 28.4 Å². The van der Waals surface area contributed by atoms with E-state index in [1.165, 1.54) is 0 Å².